The van der Waals surface area contributed by atoms with Gasteiger partial charge in [0.05, 0.1) is 18.5 Å². The molecule has 0 atom stereocenters. The predicted octanol–water partition coefficient (Wildman–Crippen LogP) is 1.67. The number of rotatable bonds is 6. The number of amides is 2. The summed E-state index contributed by atoms with van der Waals surface area (Å²) in [5.41, 5.74) is 6.81. The van der Waals surface area contributed by atoms with Crippen LogP contribution < -0.4 is 15.8 Å². The highest BCUT2D eigenvalue weighted by Gasteiger charge is 2.11. The van der Waals surface area contributed by atoms with Crippen molar-refractivity contribution in [1.82, 2.24) is 10.5 Å². The molecule has 3 N–H and O–H groups in total. The summed E-state index contributed by atoms with van der Waals surface area (Å²) in [5, 5.41) is 7.43. The molecule has 0 bridgehead atoms. The van der Waals surface area contributed by atoms with Crippen LogP contribution in [0.3, 0.4) is 0 Å². The van der Waals surface area contributed by atoms with E-state index in [4.69, 9.17) is 15.0 Å². The van der Waals surface area contributed by atoms with Crippen LogP contribution in [0, 0.1) is 11.8 Å². The number of primary amides is 1. The van der Waals surface area contributed by atoms with Crippen LogP contribution in [0.4, 0.5) is 0 Å². The fourth-order valence-electron chi connectivity index (χ4n) is 2.45. The van der Waals surface area contributed by atoms with Gasteiger partial charge >= 0.3 is 0 Å². The molecule has 0 aliphatic carbocycles. The molecule has 27 heavy (non-hydrogen) atoms. The molecular weight excluding hydrogens is 346 g/mol. The number of carbonyl (C=O) groups excluding carboxylic acids is 2. The SMILES string of the molecule is NC(=O)c1ccccc1OCC#CCNC(=O)Cc1noc2ccccc12. The van der Waals surface area contributed by atoms with Crippen LogP contribution in [0.25, 0.3) is 11.0 Å². The van der Waals surface area contributed by atoms with Gasteiger partial charge < -0.3 is 20.3 Å². The Hall–Kier alpha value is -3.79. The zero-order valence-electron chi connectivity index (χ0n) is 14.4. The highest BCUT2D eigenvalue weighted by molar-refractivity contribution is 5.95. The van der Waals surface area contributed by atoms with E-state index in [1.54, 1.807) is 30.3 Å². The summed E-state index contributed by atoms with van der Waals surface area (Å²) < 4.78 is 10.6. The second-order valence-corrected chi connectivity index (χ2v) is 5.58. The Bertz CT molecular complexity index is 1030. The predicted molar refractivity (Wildman–Crippen MR) is 99.0 cm³/mol. The van der Waals surface area contributed by atoms with Crippen LogP contribution >= 0.6 is 0 Å². The van der Waals surface area contributed by atoms with Crippen molar-refractivity contribution in [3.63, 3.8) is 0 Å². The maximum absolute atomic E-state index is 12.0. The Balaban J connectivity index is 1.45. The molecule has 2 amide bonds. The third kappa shape index (κ3) is 4.64. The zero-order valence-corrected chi connectivity index (χ0v) is 14.4. The molecule has 0 saturated carbocycles. The van der Waals surface area contributed by atoms with Crippen molar-refractivity contribution in [2.75, 3.05) is 13.2 Å². The molecular formula is C20H17N3O4. The van der Waals surface area contributed by atoms with E-state index in [1.165, 1.54) is 0 Å². The molecule has 0 aliphatic rings. The number of ether oxygens (including phenoxy) is 1. The average Bonchev–Trinajstić information content (AvgIpc) is 3.07. The molecule has 1 aromatic heterocycles. The molecule has 1 heterocycles. The van der Waals surface area contributed by atoms with Crippen molar-refractivity contribution < 1.29 is 18.8 Å². The van der Waals surface area contributed by atoms with Gasteiger partial charge in [-0.05, 0) is 24.3 Å². The molecule has 0 spiro atoms. The van der Waals surface area contributed by atoms with Gasteiger partial charge in [0.1, 0.15) is 18.1 Å². The number of nitrogens with zero attached hydrogens (tertiary/aromatic N) is 1. The zero-order chi connectivity index (χ0) is 19.1. The molecule has 0 unspecified atom stereocenters. The fourth-order valence-corrected chi connectivity index (χ4v) is 2.45. The Labute approximate surface area is 155 Å². The number of para-hydroxylation sites is 2. The summed E-state index contributed by atoms with van der Waals surface area (Å²) in [5.74, 6) is 5.16. The molecule has 0 saturated heterocycles. The molecule has 0 fully saturated rings. The number of aromatic nitrogens is 1. The average molecular weight is 363 g/mol. The number of hydrogen-bond donors (Lipinski definition) is 2. The topological polar surface area (TPSA) is 107 Å². The standard InChI is InChI=1S/C20H17N3O4/c21-20(25)15-8-2-3-9-17(15)26-12-6-5-11-22-19(24)13-16-14-7-1-4-10-18(14)27-23-16/h1-4,7-10H,11-13H2,(H2,21,25)(H,22,24). The summed E-state index contributed by atoms with van der Waals surface area (Å²) in [6, 6.07) is 14.0. The summed E-state index contributed by atoms with van der Waals surface area (Å²) >= 11 is 0. The van der Waals surface area contributed by atoms with Crippen molar-refractivity contribution in [3.8, 4) is 17.6 Å². The van der Waals surface area contributed by atoms with Crippen LogP contribution in [0.2, 0.25) is 0 Å². The number of fused-ring (bicyclic) bond motifs is 1. The first-order valence-electron chi connectivity index (χ1n) is 8.22. The van der Waals surface area contributed by atoms with E-state index in [0.717, 1.165) is 5.39 Å². The normalized spacial score (nSPS) is 10.1. The molecule has 7 heteroatoms. The number of nitrogens with two attached hydrogens (primary N) is 1. The van der Waals surface area contributed by atoms with Gasteiger partial charge in [0.15, 0.2) is 5.58 Å². The van der Waals surface area contributed by atoms with Gasteiger partial charge in [-0.15, -0.1) is 0 Å². The van der Waals surface area contributed by atoms with E-state index in [1.807, 2.05) is 18.2 Å². The lowest BCUT2D eigenvalue weighted by Gasteiger charge is -2.05. The smallest absolute Gasteiger partial charge is 0.252 e. The third-order valence-electron chi connectivity index (χ3n) is 3.73. The first kappa shape index (κ1) is 18.0. The van der Waals surface area contributed by atoms with Crippen LogP contribution in [0.1, 0.15) is 16.1 Å². The second kappa shape index (κ2) is 8.54. The van der Waals surface area contributed by atoms with Crippen LogP contribution in [0.5, 0.6) is 5.75 Å². The van der Waals surface area contributed by atoms with E-state index in [-0.39, 0.29) is 25.5 Å². The first-order chi connectivity index (χ1) is 13.1. The van der Waals surface area contributed by atoms with Gasteiger partial charge in [0, 0.05) is 5.39 Å². The highest BCUT2D eigenvalue weighted by Crippen LogP contribution is 2.18. The Morgan fingerprint density at radius 2 is 1.89 bits per heavy atom. The molecule has 3 rings (SSSR count). The van der Waals surface area contributed by atoms with Crippen LogP contribution in [-0.2, 0) is 11.2 Å². The maximum atomic E-state index is 12.0. The van der Waals surface area contributed by atoms with E-state index in [2.05, 4.69) is 22.3 Å². The molecule has 3 aromatic rings. The minimum Gasteiger partial charge on any atom is -0.480 e. The lowest BCUT2D eigenvalue weighted by molar-refractivity contribution is -0.120. The summed E-state index contributed by atoms with van der Waals surface area (Å²) in [4.78, 5) is 23.3. The van der Waals surface area contributed by atoms with E-state index >= 15 is 0 Å². The maximum Gasteiger partial charge on any atom is 0.252 e. The van der Waals surface area contributed by atoms with Crippen molar-refractivity contribution in [2.45, 2.75) is 6.42 Å². The minimum absolute atomic E-state index is 0.0775. The lowest BCUT2D eigenvalue weighted by atomic mass is 10.1. The van der Waals surface area contributed by atoms with Gasteiger partial charge in [0.2, 0.25) is 5.91 Å². The van der Waals surface area contributed by atoms with Crippen molar-refractivity contribution in [2.24, 2.45) is 5.73 Å². The minimum atomic E-state index is -0.564. The van der Waals surface area contributed by atoms with Gasteiger partial charge in [0.25, 0.3) is 5.91 Å². The Kier molecular flexibility index (Phi) is 5.70. The van der Waals surface area contributed by atoms with Crippen LogP contribution in [-0.4, -0.2) is 30.1 Å². The van der Waals surface area contributed by atoms with E-state index < -0.39 is 5.91 Å². The van der Waals surface area contributed by atoms with Crippen LogP contribution in [0.15, 0.2) is 53.1 Å². The number of benzene rings is 2. The van der Waals surface area contributed by atoms with Gasteiger partial charge in [-0.2, -0.15) is 0 Å². The van der Waals surface area contributed by atoms with Crippen molar-refractivity contribution in [3.05, 3.63) is 59.8 Å². The number of nitrogens with one attached hydrogen (secondary N) is 1. The number of carbonyl (C=O) groups is 2. The molecule has 136 valence electrons. The summed E-state index contributed by atoms with van der Waals surface area (Å²) in [6.07, 6.45) is 0.112. The van der Waals surface area contributed by atoms with Crippen molar-refractivity contribution >= 4 is 22.8 Å². The quantitative estimate of drug-likeness (QED) is 0.648. The first-order valence-corrected chi connectivity index (χ1v) is 8.22. The summed E-state index contributed by atoms with van der Waals surface area (Å²) in [6.45, 7) is 0.254. The number of hydrogen-bond acceptors (Lipinski definition) is 5. The van der Waals surface area contributed by atoms with E-state index in [0.29, 0.717) is 22.6 Å². The largest absolute Gasteiger partial charge is 0.480 e. The third-order valence-corrected chi connectivity index (χ3v) is 3.73. The fraction of sp³-hybridized carbons (Fsp3) is 0.150. The monoisotopic (exact) mass is 363 g/mol. The molecule has 2 aromatic carbocycles. The highest BCUT2D eigenvalue weighted by atomic mass is 16.5. The Morgan fingerprint density at radius 3 is 2.74 bits per heavy atom. The Morgan fingerprint density at radius 1 is 1.11 bits per heavy atom. The molecule has 0 radical (unpaired) electrons. The van der Waals surface area contributed by atoms with Gasteiger partial charge in [-0.3, -0.25) is 9.59 Å². The summed E-state index contributed by atoms with van der Waals surface area (Å²) in [7, 11) is 0. The molecule has 7 nitrogen and oxygen atoms in total. The lowest BCUT2D eigenvalue weighted by Crippen LogP contribution is -2.25. The van der Waals surface area contributed by atoms with Gasteiger partial charge in [-0.1, -0.05) is 41.3 Å². The van der Waals surface area contributed by atoms with E-state index in [9.17, 15) is 9.59 Å². The molecule has 0 aliphatic heterocycles. The van der Waals surface area contributed by atoms with Gasteiger partial charge in [-0.25, -0.2) is 0 Å². The second-order valence-electron chi connectivity index (χ2n) is 5.58. The van der Waals surface area contributed by atoms with Crippen molar-refractivity contribution in [1.29, 1.82) is 0 Å².